The molecule has 0 unspecified atom stereocenters. The maximum atomic E-state index is 6.92. The van der Waals surface area contributed by atoms with E-state index in [9.17, 15) is 0 Å². The summed E-state index contributed by atoms with van der Waals surface area (Å²) in [6.45, 7) is 0. The summed E-state index contributed by atoms with van der Waals surface area (Å²) >= 11 is 0. The van der Waals surface area contributed by atoms with Crippen LogP contribution >= 0.6 is 0 Å². The first-order valence-corrected chi connectivity index (χ1v) is 13.5. The molecule has 0 N–H and O–H groups in total. The van der Waals surface area contributed by atoms with Crippen LogP contribution in [0.5, 0.6) is 0 Å². The van der Waals surface area contributed by atoms with E-state index in [2.05, 4.69) is 121 Å². The van der Waals surface area contributed by atoms with Gasteiger partial charge in [0.05, 0.1) is 0 Å². The predicted octanol–water partition coefficient (Wildman–Crippen LogP) is 11.0. The molecular weight excluding hydrogens is 488 g/mol. The van der Waals surface area contributed by atoms with Crippen LogP contribution in [0.15, 0.2) is 154 Å². The van der Waals surface area contributed by atoms with Crippen molar-refractivity contribution < 1.29 is 8.83 Å². The van der Waals surface area contributed by atoms with Gasteiger partial charge in [0, 0.05) is 32.7 Å². The standard InChI is InChI=1S/C38H24O2/c1-2-13-25(14-3-1)26-15-4-6-17-29(26)37-31-19-8-9-20-32(31)38(40-37)30-18-7-5-16-27(30)28-22-12-24-35-36(28)33-21-10-11-23-34(33)39-35/h1-24H. The van der Waals surface area contributed by atoms with Crippen LogP contribution in [-0.2, 0) is 0 Å². The molecule has 0 radical (unpaired) electrons. The van der Waals surface area contributed by atoms with E-state index in [-0.39, 0.29) is 0 Å². The molecule has 40 heavy (non-hydrogen) atoms. The van der Waals surface area contributed by atoms with Gasteiger partial charge in [-0.1, -0.05) is 133 Å². The van der Waals surface area contributed by atoms with Gasteiger partial charge >= 0.3 is 0 Å². The van der Waals surface area contributed by atoms with Crippen LogP contribution in [0.4, 0.5) is 0 Å². The molecule has 6 aromatic carbocycles. The highest BCUT2D eigenvalue weighted by Gasteiger charge is 2.22. The number of hydrogen-bond acceptors (Lipinski definition) is 2. The molecule has 0 spiro atoms. The predicted molar refractivity (Wildman–Crippen MR) is 165 cm³/mol. The topological polar surface area (TPSA) is 26.3 Å². The number of hydrogen-bond donors (Lipinski definition) is 0. The smallest absolute Gasteiger partial charge is 0.143 e. The van der Waals surface area contributed by atoms with Crippen molar-refractivity contribution in [1.29, 1.82) is 0 Å². The number of fused-ring (bicyclic) bond motifs is 4. The van der Waals surface area contributed by atoms with E-state index >= 15 is 0 Å². The summed E-state index contributed by atoms with van der Waals surface area (Å²) in [6, 6.07) is 50.5. The molecule has 8 aromatic rings. The lowest BCUT2D eigenvalue weighted by atomic mass is 9.93. The normalized spacial score (nSPS) is 11.5. The van der Waals surface area contributed by atoms with Crippen molar-refractivity contribution in [3.63, 3.8) is 0 Å². The second kappa shape index (κ2) is 9.14. The van der Waals surface area contributed by atoms with Crippen LogP contribution < -0.4 is 0 Å². The Morgan fingerprint density at radius 1 is 0.300 bits per heavy atom. The molecule has 2 aromatic heterocycles. The molecule has 188 valence electrons. The van der Waals surface area contributed by atoms with Gasteiger partial charge in [0.1, 0.15) is 22.7 Å². The zero-order chi connectivity index (χ0) is 26.5. The minimum absolute atomic E-state index is 0.869. The summed E-state index contributed by atoms with van der Waals surface area (Å²) in [4.78, 5) is 0. The highest BCUT2D eigenvalue weighted by molar-refractivity contribution is 6.14. The maximum Gasteiger partial charge on any atom is 0.143 e. The van der Waals surface area contributed by atoms with Crippen LogP contribution in [0.1, 0.15) is 0 Å². The number of para-hydroxylation sites is 1. The van der Waals surface area contributed by atoms with E-state index in [4.69, 9.17) is 8.83 Å². The molecule has 0 saturated carbocycles. The molecule has 0 saturated heterocycles. The van der Waals surface area contributed by atoms with Gasteiger partial charge in [-0.25, -0.2) is 0 Å². The van der Waals surface area contributed by atoms with E-state index in [0.717, 1.165) is 72.0 Å². The largest absolute Gasteiger partial charge is 0.456 e. The van der Waals surface area contributed by atoms with Gasteiger partial charge in [-0.15, -0.1) is 0 Å². The average Bonchev–Trinajstić information content (AvgIpc) is 3.60. The molecule has 0 fully saturated rings. The van der Waals surface area contributed by atoms with Crippen molar-refractivity contribution >= 4 is 32.7 Å². The molecule has 0 aliphatic rings. The summed E-state index contributed by atoms with van der Waals surface area (Å²) in [6.07, 6.45) is 0. The molecule has 2 nitrogen and oxygen atoms in total. The van der Waals surface area contributed by atoms with Gasteiger partial charge in [0.2, 0.25) is 0 Å². The van der Waals surface area contributed by atoms with Gasteiger partial charge in [-0.05, 0) is 34.4 Å². The van der Waals surface area contributed by atoms with Crippen molar-refractivity contribution in [3.05, 3.63) is 146 Å². The van der Waals surface area contributed by atoms with Gasteiger partial charge < -0.3 is 8.83 Å². The molecule has 2 heteroatoms. The average molecular weight is 513 g/mol. The van der Waals surface area contributed by atoms with Crippen LogP contribution in [0, 0.1) is 0 Å². The Bertz CT molecular complexity index is 2160. The summed E-state index contributed by atoms with van der Waals surface area (Å²) < 4.78 is 13.1. The highest BCUT2D eigenvalue weighted by Crippen LogP contribution is 2.46. The second-order valence-electron chi connectivity index (χ2n) is 10.0. The monoisotopic (exact) mass is 512 g/mol. The van der Waals surface area contributed by atoms with Crippen LogP contribution in [-0.4, -0.2) is 0 Å². The first-order chi connectivity index (χ1) is 19.9. The third-order valence-corrected chi connectivity index (χ3v) is 7.74. The first-order valence-electron chi connectivity index (χ1n) is 13.5. The molecule has 0 amide bonds. The fourth-order valence-corrected chi connectivity index (χ4v) is 5.96. The maximum absolute atomic E-state index is 6.92. The van der Waals surface area contributed by atoms with Gasteiger partial charge in [0.25, 0.3) is 0 Å². The lowest BCUT2D eigenvalue weighted by molar-refractivity contribution is 0.602. The number of benzene rings is 6. The van der Waals surface area contributed by atoms with Crippen molar-refractivity contribution in [2.75, 3.05) is 0 Å². The van der Waals surface area contributed by atoms with Crippen LogP contribution in [0.3, 0.4) is 0 Å². The van der Waals surface area contributed by atoms with Crippen molar-refractivity contribution in [1.82, 2.24) is 0 Å². The number of furan rings is 2. The zero-order valence-corrected chi connectivity index (χ0v) is 21.7. The van der Waals surface area contributed by atoms with Crippen molar-refractivity contribution in [2.45, 2.75) is 0 Å². The summed E-state index contributed by atoms with van der Waals surface area (Å²) in [5.41, 5.74) is 8.47. The highest BCUT2D eigenvalue weighted by atomic mass is 16.3. The lowest BCUT2D eigenvalue weighted by Gasteiger charge is -2.10. The Balaban J connectivity index is 1.39. The van der Waals surface area contributed by atoms with Crippen molar-refractivity contribution in [2.24, 2.45) is 0 Å². The SMILES string of the molecule is c1ccc(-c2ccccc2-c2oc(-c3ccccc3-c3cccc4oc5ccccc5c34)c3ccccc23)cc1. The molecule has 0 aliphatic carbocycles. The van der Waals surface area contributed by atoms with E-state index in [1.165, 1.54) is 5.56 Å². The lowest BCUT2D eigenvalue weighted by Crippen LogP contribution is -1.85. The molecule has 0 atom stereocenters. The Morgan fingerprint density at radius 2 is 0.800 bits per heavy atom. The summed E-state index contributed by atoms with van der Waals surface area (Å²) in [7, 11) is 0. The first kappa shape index (κ1) is 22.6. The molecular formula is C38H24O2. The zero-order valence-electron chi connectivity index (χ0n) is 21.7. The molecule has 8 rings (SSSR count). The van der Waals surface area contributed by atoms with Gasteiger partial charge in [0.15, 0.2) is 0 Å². The summed E-state index contributed by atoms with van der Waals surface area (Å²) in [5.74, 6) is 1.75. The minimum atomic E-state index is 0.869. The van der Waals surface area contributed by atoms with Gasteiger partial charge in [-0.2, -0.15) is 0 Å². The van der Waals surface area contributed by atoms with E-state index < -0.39 is 0 Å². The van der Waals surface area contributed by atoms with Gasteiger partial charge in [-0.3, -0.25) is 0 Å². The molecule has 2 heterocycles. The van der Waals surface area contributed by atoms with Crippen LogP contribution in [0.25, 0.3) is 77.6 Å². The quantitative estimate of drug-likeness (QED) is 0.234. The van der Waals surface area contributed by atoms with E-state index in [0.29, 0.717) is 0 Å². The Hall–Kier alpha value is -5.34. The van der Waals surface area contributed by atoms with E-state index in [1.807, 2.05) is 24.3 Å². The molecule has 0 aliphatic heterocycles. The van der Waals surface area contributed by atoms with Crippen LogP contribution in [0.2, 0.25) is 0 Å². The third-order valence-electron chi connectivity index (χ3n) is 7.74. The Labute approximate surface area is 231 Å². The summed E-state index contributed by atoms with van der Waals surface area (Å²) in [5, 5.41) is 4.43. The van der Waals surface area contributed by atoms with Crippen molar-refractivity contribution in [3.8, 4) is 44.9 Å². The minimum Gasteiger partial charge on any atom is -0.456 e. The Kier molecular flexibility index (Phi) is 5.17. The Morgan fingerprint density at radius 3 is 1.52 bits per heavy atom. The fraction of sp³-hybridized carbons (Fsp3) is 0. The second-order valence-corrected chi connectivity index (χ2v) is 10.0. The molecule has 0 bridgehead atoms. The van der Waals surface area contributed by atoms with E-state index in [1.54, 1.807) is 0 Å². The third kappa shape index (κ3) is 3.50. The number of rotatable bonds is 4. The fourth-order valence-electron chi connectivity index (χ4n) is 5.96.